The summed E-state index contributed by atoms with van der Waals surface area (Å²) in [6.07, 6.45) is 5.92. The molecule has 0 bridgehead atoms. The highest BCUT2D eigenvalue weighted by atomic mass is 16.6. The highest BCUT2D eigenvalue weighted by molar-refractivity contribution is 5.45. The summed E-state index contributed by atoms with van der Waals surface area (Å²) in [5.74, 6) is 0.584. The third-order valence-electron chi connectivity index (χ3n) is 3.18. The summed E-state index contributed by atoms with van der Waals surface area (Å²) < 4.78 is 5.74. The lowest BCUT2D eigenvalue weighted by atomic mass is 10.1. The molecule has 1 rings (SSSR count). The van der Waals surface area contributed by atoms with Crippen LogP contribution in [0.4, 0.5) is 5.69 Å². The van der Waals surface area contributed by atoms with E-state index in [9.17, 15) is 10.1 Å². The molecule has 0 unspecified atom stereocenters. The Morgan fingerprint density at radius 2 is 2.05 bits per heavy atom. The van der Waals surface area contributed by atoms with E-state index in [1.807, 2.05) is 6.92 Å². The fourth-order valence-corrected chi connectivity index (χ4v) is 2.01. The second-order valence-corrected chi connectivity index (χ2v) is 4.98. The van der Waals surface area contributed by atoms with Crippen molar-refractivity contribution in [2.24, 2.45) is 0 Å². The Hall–Kier alpha value is -1.58. The lowest BCUT2D eigenvalue weighted by Crippen LogP contribution is -2.11. The lowest BCUT2D eigenvalue weighted by molar-refractivity contribution is -0.385. The second kappa shape index (κ2) is 7.77. The maximum Gasteiger partial charge on any atom is 0.276 e. The van der Waals surface area contributed by atoms with E-state index >= 15 is 0 Å². The van der Waals surface area contributed by atoms with Crippen molar-refractivity contribution in [2.75, 3.05) is 0 Å². The Labute approximate surface area is 114 Å². The highest BCUT2D eigenvalue weighted by Crippen LogP contribution is 2.25. The summed E-state index contributed by atoms with van der Waals surface area (Å²) in [5, 5.41) is 10.9. The summed E-state index contributed by atoms with van der Waals surface area (Å²) >= 11 is 0. The molecule has 0 radical (unpaired) electrons. The van der Waals surface area contributed by atoms with Crippen LogP contribution in [0.5, 0.6) is 5.75 Å². The van der Waals surface area contributed by atoms with Crippen molar-refractivity contribution in [1.29, 1.82) is 0 Å². The molecule has 0 amide bonds. The standard InChI is InChI=1S/C15H23NO3/c1-4-5-6-7-8-13(3)19-14-10-9-12(2)15(11-14)16(17)18/h9-11,13H,4-8H2,1-3H3/t13-/m0/s1. The molecule has 1 aromatic carbocycles. The van der Waals surface area contributed by atoms with Crippen molar-refractivity contribution in [1.82, 2.24) is 0 Å². The summed E-state index contributed by atoms with van der Waals surface area (Å²) in [7, 11) is 0. The van der Waals surface area contributed by atoms with Crippen LogP contribution in [0.2, 0.25) is 0 Å². The van der Waals surface area contributed by atoms with Crippen molar-refractivity contribution < 1.29 is 9.66 Å². The number of benzene rings is 1. The molecule has 0 saturated heterocycles. The van der Waals surface area contributed by atoms with Crippen LogP contribution in [-0.2, 0) is 0 Å². The minimum absolute atomic E-state index is 0.0965. The molecule has 1 atom stereocenters. The monoisotopic (exact) mass is 265 g/mol. The Morgan fingerprint density at radius 1 is 1.32 bits per heavy atom. The van der Waals surface area contributed by atoms with E-state index in [1.165, 1.54) is 25.3 Å². The van der Waals surface area contributed by atoms with Crippen molar-refractivity contribution in [3.63, 3.8) is 0 Å². The molecule has 0 saturated carbocycles. The number of unbranched alkanes of at least 4 members (excludes halogenated alkanes) is 3. The highest BCUT2D eigenvalue weighted by Gasteiger charge is 2.13. The zero-order chi connectivity index (χ0) is 14.3. The number of ether oxygens (including phenoxy) is 1. The van der Waals surface area contributed by atoms with Gasteiger partial charge in [-0.05, 0) is 38.8 Å². The number of nitro benzene ring substituents is 1. The largest absolute Gasteiger partial charge is 0.490 e. The Morgan fingerprint density at radius 3 is 2.68 bits per heavy atom. The molecular formula is C15H23NO3. The number of aryl methyl sites for hydroxylation is 1. The molecule has 1 aromatic rings. The van der Waals surface area contributed by atoms with Crippen LogP contribution in [0.3, 0.4) is 0 Å². The summed E-state index contributed by atoms with van der Waals surface area (Å²) in [5.41, 5.74) is 0.781. The van der Waals surface area contributed by atoms with E-state index < -0.39 is 0 Å². The zero-order valence-corrected chi connectivity index (χ0v) is 12.0. The third-order valence-corrected chi connectivity index (χ3v) is 3.18. The molecule has 0 heterocycles. The molecule has 0 aliphatic carbocycles. The first-order valence-corrected chi connectivity index (χ1v) is 6.96. The van der Waals surface area contributed by atoms with Gasteiger partial charge in [0.1, 0.15) is 5.75 Å². The fourth-order valence-electron chi connectivity index (χ4n) is 2.01. The van der Waals surface area contributed by atoms with Gasteiger partial charge in [-0.3, -0.25) is 10.1 Å². The normalized spacial score (nSPS) is 12.2. The van der Waals surface area contributed by atoms with Gasteiger partial charge in [-0.15, -0.1) is 0 Å². The quantitative estimate of drug-likeness (QED) is 0.391. The van der Waals surface area contributed by atoms with Gasteiger partial charge < -0.3 is 4.74 Å². The number of rotatable bonds is 8. The molecule has 0 spiro atoms. The van der Waals surface area contributed by atoms with Crippen molar-refractivity contribution in [2.45, 2.75) is 59.0 Å². The van der Waals surface area contributed by atoms with Gasteiger partial charge in [0.2, 0.25) is 0 Å². The van der Waals surface area contributed by atoms with Gasteiger partial charge in [0, 0.05) is 5.56 Å². The minimum atomic E-state index is -0.367. The van der Waals surface area contributed by atoms with E-state index in [-0.39, 0.29) is 16.7 Å². The van der Waals surface area contributed by atoms with Crippen molar-refractivity contribution in [3.8, 4) is 5.75 Å². The SMILES string of the molecule is CCCCCC[C@H](C)Oc1ccc(C)c([N+](=O)[O-])c1. The van der Waals surface area contributed by atoms with Gasteiger partial charge in [0.05, 0.1) is 17.1 Å². The van der Waals surface area contributed by atoms with E-state index in [2.05, 4.69) is 6.92 Å². The first-order chi connectivity index (χ1) is 9.04. The molecular weight excluding hydrogens is 242 g/mol. The van der Waals surface area contributed by atoms with E-state index in [0.29, 0.717) is 11.3 Å². The second-order valence-electron chi connectivity index (χ2n) is 4.98. The van der Waals surface area contributed by atoms with Gasteiger partial charge in [0.25, 0.3) is 5.69 Å². The Kier molecular flexibility index (Phi) is 6.33. The van der Waals surface area contributed by atoms with Crippen LogP contribution >= 0.6 is 0 Å². The van der Waals surface area contributed by atoms with Crippen molar-refractivity contribution >= 4 is 5.69 Å². The Balaban J connectivity index is 2.52. The number of nitro groups is 1. The molecule has 0 aliphatic heterocycles. The fraction of sp³-hybridized carbons (Fsp3) is 0.600. The Bertz CT molecular complexity index is 418. The van der Waals surface area contributed by atoms with Crippen LogP contribution < -0.4 is 4.74 Å². The summed E-state index contributed by atoms with van der Waals surface area (Å²) in [6, 6.07) is 5.04. The van der Waals surface area contributed by atoms with Gasteiger partial charge >= 0.3 is 0 Å². The van der Waals surface area contributed by atoms with E-state index in [4.69, 9.17) is 4.74 Å². The van der Waals surface area contributed by atoms with Crippen LogP contribution in [0.15, 0.2) is 18.2 Å². The smallest absolute Gasteiger partial charge is 0.276 e. The average Bonchev–Trinajstić information content (AvgIpc) is 2.36. The minimum Gasteiger partial charge on any atom is -0.490 e. The topological polar surface area (TPSA) is 52.4 Å². The lowest BCUT2D eigenvalue weighted by Gasteiger charge is -2.14. The molecule has 0 aliphatic rings. The molecule has 0 N–H and O–H groups in total. The van der Waals surface area contributed by atoms with E-state index in [0.717, 1.165) is 12.8 Å². The van der Waals surface area contributed by atoms with Gasteiger partial charge in [-0.25, -0.2) is 0 Å². The van der Waals surface area contributed by atoms with Crippen LogP contribution in [0, 0.1) is 17.0 Å². The average molecular weight is 265 g/mol. The van der Waals surface area contributed by atoms with Crippen molar-refractivity contribution in [3.05, 3.63) is 33.9 Å². The predicted octanol–water partition coefficient (Wildman–Crippen LogP) is 4.64. The summed E-state index contributed by atoms with van der Waals surface area (Å²) in [6.45, 7) is 5.93. The summed E-state index contributed by atoms with van der Waals surface area (Å²) in [4.78, 5) is 10.5. The third kappa shape index (κ3) is 5.28. The maximum absolute atomic E-state index is 10.9. The maximum atomic E-state index is 10.9. The van der Waals surface area contributed by atoms with Gasteiger partial charge in [-0.2, -0.15) is 0 Å². The van der Waals surface area contributed by atoms with Crippen LogP contribution in [0.1, 0.15) is 51.5 Å². The van der Waals surface area contributed by atoms with Gasteiger partial charge in [-0.1, -0.05) is 26.2 Å². The van der Waals surface area contributed by atoms with Gasteiger partial charge in [0.15, 0.2) is 0 Å². The van der Waals surface area contributed by atoms with Crippen LogP contribution in [0.25, 0.3) is 0 Å². The molecule has 4 nitrogen and oxygen atoms in total. The number of hydrogen-bond acceptors (Lipinski definition) is 3. The van der Waals surface area contributed by atoms with Crippen LogP contribution in [-0.4, -0.2) is 11.0 Å². The zero-order valence-electron chi connectivity index (χ0n) is 12.0. The number of nitrogens with zero attached hydrogens (tertiary/aromatic N) is 1. The first-order valence-electron chi connectivity index (χ1n) is 6.96. The first kappa shape index (κ1) is 15.5. The number of hydrogen-bond donors (Lipinski definition) is 0. The predicted molar refractivity (Wildman–Crippen MR) is 76.7 cm³/mol. The molecule has 0 aromatic heterocycles. The molecule has 0 fully saturated rings. The molecule has 19 heavy (non-hydrogen) atoms. The molecule has 106 valence electrons. The molecule has 4 heteroatoms. The van der Waals surface area contributed by atoms with E-state index in [1.54, 1.807) is 19.1 Å².